The maximum absolute atomic E-state index is 10.7. The Hall–Kier alpha value is -2.10. The fourth-order valence-corrected chi connectivity index (χ4v) is 1.84. The van der Waals surface area contributed by atoms with Gasteiger partial charge in [0.2, 0.25) is 0 Å². The molecule has 1 aromatic carbocycles. The second kappa shape index (κ2) is 6.00. The van der Waals surface area contributed by atoms with Crippen LogP contribution in [0, 0.1) is 0 Å². The number of nitrogens with zero attached hydrogens (tertiary/aromatic N) is 2. The number of benzene rings is 1. The third-order valence-electron chi connectivity index (χ3n) is 2.83. The normalized spacial score (nSPS) is 10.4. The molecular formula is C14H16N2O2. The molecule has 2 rings (SSSR count). The minimum atomic E-state index is -0.925. The minimum Gasteiger partial charge on any atom is -0.478 e. The number of aromatic carboxylic acids is 1. The van der Waals surface area contributed by atoms with Gasteiger partial charge in [-0.15, -0.1) is 0 Å². The van der Waals surface area contributed by atoms with E-state index in [0.29, 0.717) is 0 Å². The molecule has 94 valence electrons. The van der Waals surface area contributed by atoms with E-state index < -0.39 is 5.97 Å². The largest absolute Gasteiger partial charge is 0.478 e. The summed E-state index contributed by atoms with van der Waals surface area (Å²) in [5.41, 5.74) is 1.59. The predicted molar refractivity (Wildman–Crippen MR) is 68.6 cm³/mol. The van der Waals surface area contributed by atoms with Crippen LogP contribution in [-0.4, -0.2) is 20.9 Å². The lowest BCUT2D eigenvalue weighted by Gasteiger charge is -2.02. The zero-order chi connectivity index (χ0) is 12.8. The van der Waals surface area contributed by atoms with Gasteiger partial charge in [-0.3, -0.25) is 4.68 Å². The van der Waals surface area contributed by atoms with Crippen molar-refractivity contribution in [1.82, 2.24) is 9.78 Å². The van der Waals surface area contributed by atoms with Gasteiger partial charge in [-0.1, -0.05) is 30.3 Å². The Morgan fingerprint density at radius 1 is 1.22 bits per heavy atom. The van der Waals surface area contributed by atoms with Crippen LogP contribution < -0.4 is 0 Å². The van der Waals surface area contributed by atoms with Crippen molar-refractivity contribution in [3.63, 3.8) is 0 Å². The zero-order valence-electron chi connectivity index (χ0n) is 10.1. The molecule has 1 heterocycles. The van der Waals surface area contributed by atoms with E-state index in [1.807, 2.05) is 18.2 Å². The highest BCUT2D eigenvalue weighted by Crippen LogP contribution is 2.06. The molecule has 0 spiro atoms. The lowest BCUT2D eigenvalue weighted by atomic mass is 10.1. The Labute approximate surface area is 106 Å². The first-order chi connectivity index (χ1) is 8.75. The highest BCUT2D eigenvalue weighted by molar-refractivity contribution is 5.86. The smallest absolute Gasteiger partial charge is 0.338 e. The molecular weight excluding hydrogens is 228 g/mol. The summed E-state index contributed by atoms with van der Waals surface area (Å²) < 4.78 is 1.69. The van der Waals surface area contributed by atoms with E-state index in [4.69, 9.17) is 5.11 Å². The van der Waals surface area contributed by atoms with Crippen LogP contribution >= 0.6 is 0 Å². The third-order valence-corrected chi connectivity index (χ3v) is 2.83. The van der Waals surface area contributed by atoms with Crippen LogP contribution in [0.25, 0.3) is 0 Å². The standard InChI is InChI=1S/C14H16N2O2/c17-14(18)13-10-15-16(11-13)9-5-4-8-12-6-2-1-3-7-12/h1-3,6-7,10-11H,4-5,8-9H2,(H,17,18). The fourth-order valence-electron chi connectivity index (χ4n) is 1.84. The Kier molecular flexibility index (Phi) is 4.12. The van der Waals surface area contributed by atoms with Gasteiger partial charge in [0.25, 0.3) is 0 Å². The molecule has 0 atom stereocenters. The van der Waals surface area contributed by atoms with Crippen molar-refractivity contribution in [2.75, 3.05) is 0 Å². The molecule has 18 heavy (non-hydrogen) atoms. The molecule has 0 amide bonds. The van der Waals surface area contributed by atoms with Gasteiger partial charge in [-0.2, -0.15) is 5.10 Å². The summed E-state index contributed by atoms with van der Waals surface area (Å²) in [5.74, 6) is -0.925. The van der Waals surface area contributed by atoms with Crippen molar-refractivity contribution >= 4 is 5.97 Å². The minimum absolute atomic E-state index is 0.248. The summed E-state index contributed by atoms with van der Waals surface area (Å²) in [4.78, 5) is 10.7. The number of hydrogen-bond acceptors (Lipinski definition) is 2. The van der Waals surface area contributed by atoms with Gasteiger partial charge in [0.1, 0.15) is 0 Å². The van der Waals surface area contributed by atoms with Gasteiger partial charge in [-0.25, -0.2) is 4.79 Å². The Morgan fingerprint density at radius 2 is 2.00 bits per heavy atom. The first kappa shape index (κ1) is 12.4. The molecule has 1 N–H and O–H groups in total. The Bertz CT molecular complexity index is 506. The van der Waals surface area contributed by atoms with E-state index in [9.17, 15) is 4.79 Å². The predicted octanol–water partition coefficient (Wildman–Crippen LogP) is 2.60. The summed E-state index contributed by atoms with van der Waals surface area (Å²) in [6.45, 7) is 0.764. The number of carboxylic acid groups (broad SMARTS) is 1. The highest BCUT2D eigenvalue weighted by Gasteiger charge is 2.05. The van der Waals surface area contributed by atoms with Crippen molar-refractivity contribution in [1.29, 1.82) is 0 Å². The second-order valence-electron chi connectivity index (χ2n) is 4.24. The molecule has 0 aliphatic carbocycles. The van der Waals surface area contributed by atoms with Crippen LogP contribution in [0.5, 0.6) is 0 Å². The molecule has 0 unspecified atom stereocenters. The van der Waals surface area contributed by atoms with Crippen molar-refractivity contribution < 1.29 is 9.90 Å². The molecule has 0 fully saturated rings. The molecule has 4 heteroatoms. The third kappa shape index (κ3) is 3.45. The van der Waals surface area contributed by atoms with E-state index in [-0.39, 0.29) is 5.56 Å². The van der Waals surface area contributed by atoms with Crippen LogP contribution in [0.1, 0.15) is 28.8 Å². The fraction of sp³-hybridized carbons (Fsp3) is 0.286. The van der Waals surface area contributed by atoms with E-state index in [0.717, 1.165) is 25.8 Å². The van der Waals surface area contributed by atoms with Crippen molar-refractivity contribution in [2.45, 2.75) is 25.8 Å². The van der Waals surface area contributed by atoms with E-state index >= 15 is 0 Å². The molecule has 0 aliphatic heterocycles. The van der Waals surface area contributed by atoms with Gasteiger partial charge in [0.05, 0.1) is 11.8 Å². The van der Waals surface area contributed by atoms with Crippen LogP contribution in [-0.2, 0) is 13.0 Å². The maximum Gasteiger partial charge on any atom is 0.338 e. The number of aryl methyl sites for hydroxylation is 2. The van der Waals surface area contributed by atoms with Crippen LogP contribution in [0.3, 0.4) is 0 Å². The number of carbonyl (C=O) groups is 1. The van der Waals surface area contributed by atoms with Crippen molar-refractivity contribution in [3.8, 4) is 0 Å². The lowest BCUT2D eigenvalue weighted by Crippen LogP contribution is -1.99. The van der Waals surface area contributed by atoms with Crippen LogP contribution in [0.2, 0.25) is 0 Å². The first-order valence-corrected chi connectivity index (χ1v) is 6.05. The van der Waals surface area contributed by atoms with Crippen molar-refractivity contribution in [3.05, 3.63) is 53.9 Å². The number of aromatic nitrogens is 2. The summed E-state index contributed by atoms with van der Waals surface area (Å²) in [6, 6.07) is 10.3. The average molecular weight is 244 g/mol. The molecule has 4 nitrogen and oxygen atoms in total. The maximum atomic E-state index is 10.7. The molecule has 0 radical (unpaired) electrons. The van der Waals surface area contributed by atoms with Gasteiger partial charge >= 0.3 is 5.97 Å². The first-order valence-electron chi connectivity index (χ1n) is 6.05. The average Bonchev–Trinajstić information content (AvgIpc) is 2.85. The topological polar surface area (TPSA) is 55.1 Å². The summed E-state index contributed by atoms with van der Waals surface area (Å²) >= 11 is 0. The quantitative estimate of drug-likeness (QED) is 0.795. The summed E-state index contributed by atoms with van der Waals surface area (Å²) in [7, 11) is 0. The molecule has 1 aromatic heterocycles. The number of hydrogen-bond donors (Lipinski definition) is 1. The van der Waals surface area contributed by atoms with Gasteiger partial charge in [0.15, 0.2) is 0 Å². The molecule has 2 aromatic rings. The van der Waals surface area contributed by atoms with Gasteiger partial charge in [0, 0.05) is 12.7 Å². The lowest BCUT2D eigenvalue weighted by molar-refractivity contribution is 0.0697. The molecule has 0 aliphatic rings. The molecule has 0 saturated carbocycles. The molecule has 0 saturated heterocycles. The monoisotopic (exact) mass is 244 g/mol. The van der Waals surface area contributed by atoms with Gasteiger partial charge < -0.3 is 5.11 Å². The number of carboxylic acids is 1. The van der Waals surface area contributed by atoms with Crippen LogP contribution in [0.15, 0.2) is 42.7 Å². The van der Waals surface area contributed by atoms with Crippen molar-refractivity contribution in [2.24, 2.45) is 0 Å². The van der Waals surface area contributed by atoms with E-state index in [1.54, 1.807) is 10.9 Å². The number of rotatable bonds is 6. The van der Waals surface area contributed by atoms with E-state index in [1.165, 1.54) is 11.8 Å². The summed E-state index contributed by atoms with van der Waals surface area (Å²) in [5, 5.41) is 12.8. The van der Waals surface area contributed by atoms with Gasteiger partial charge in [-0.05, 0) is 24.8 Å². The zero-order valence-corrected chi connectivity index (χ0v) is 10.1. The highest BCUT2D eigenvalue weighted by atomic mass is 16.4. The SMILES string of the molecule is O=C(O)c1cnn(CCCCc2ccccc2)c1. The second-order valence-corrected chi connectivity index (χ2v) is 4.24. The number of unbranched alkanes of at least 4 members (excludes halogenated alkanes) is 1. The summed E-state index contributed by atoms with van der Waals surface area (Å²) in [6.07, 6.45) is 6.08. The Balaban J connectivity index is 1.73. The Morgan fingerprint density at radius 3 is 2.67 bits per heavy atom. The molecule has 0 bridgehead atoms. The van der Waals surface area contributed by atoms with Crippen LogP contribution in [0.4, 0.5) is 0 Å². The van der Waals surface area contributed by atoms with E-state index in [2.05, 4.69) is 17.2 Å².